The molecule has 2 rings (SSSR count). The summed E-state index contributed by atoms with van der Waals surface area (Å²) in [6.45, 7) is 1.93. The van der Waals surface area contributed by atoms with Gasteiger partial charge >= 0.3 is 0 Å². The predicted molar refractivity (Wildman–Crippen MR) is 62.0 cm³/mol. The normalized spacial score (nSPS) is 13.3. The van der Waals surface area contributed by atoms with Crippen LogP contribution in [-0.4, -0.2) is 15.4 Å². The van der Waals surface area contributed by atoms with Gasteiger partial charge in [0, 0.05) is 18.7 Å². The molecule has 0 aliphatic carbocycles. The van der Waals surface area contributed by atoms with Crippen molar-refractivity contribution in [3.63, 3.8) is 0 Å². The number of imidazole rings is 1. The molecule has 1 atom stereocenters. The lowest BCUT2D eigenvalue weighted by molar-refractivity contribution is 0.700. The van der Waals surface area contributed by atoms with Crippen molar-refractivity contribution in [1.82, 2.24) is 9.38 Å². The summed E-state index contributed by atoms with van der Waals surface area (Å²) in [6, 6.07) is 3.72. The molecule has 0 aromatic carbocycles. The van der Waals surface area contributed by atoms with Gasteiger partial charge in [-0.15, -0.1) is 0 Å². The van der Waals surface area contributed by atoms with Gasteiger partial charge in [0.25, 0.3) is 0 Å². The van der Waals surface area contributed by atoms with Crippen molar-refractivity contribution in [3.8, 4) is 0 Å². The lowest BCUT2D eigenvalue weighted by Gasteiger charge is -2.04. The van der Waals surface area contributed by atoms with Crippen LogP contribution >= 0.6 is 11.6 Å². The molecule has 1 unspecified atom stereocenters. The minimum absolute atomic E-state index is 0.0492. The highest BCUT2D eigenvalue weighted by molar-refractivity contribution is 6.33. The molecule has 2 aromatic heterocycles. The number of fused-ring (bicyclic) bond motifs is 1. The molecule has 4 nitrogen and oxygen atoms in total. The number of aromatic nitrogens is 2. The van der Waals surface area contributed by atoms with E-state index in [0.29, 0.717) is 17.3 Å². The molecule has 5 heteroatoms. The predicted octanol–water partition coefficient (Wildman–Crippen LogP) is 1.46. The Balaban J connectivity index is 2.63. The first-order valence-corrected chi connectivity index (χ1v) is 5.14. The van der Waals surface area contributed by atoms with Gasteiger partial charge in [-0.3, -0.25) is 0 Å². The van der Waals surface area contributed by atoms with Crippen molar-refractivity contribution in [2.24, 2.45) is 5.73 Å². The van der Waals surface area contributed by atoms with Gasteiger partial charge in [0.15, 0.2) is 5.15 Å². The van der Waals surface area contributed by atoms with E-state index in [4.69, 9.17) is 23.1 Å². The van der Waals surface area contributed by atoms with E-state index in [1.807, 2.05) is 23.6 Å². The number of rotatable bonds is 2. The monoisotopic (exact) mass is 224 g/mol. The van der Waals surface area contributed by atoms with Crippen molar-refractivity contribution in [2.45, 2.75) is 19.4 Å². The molecular weight excluding hydrogens is 212 g/mol. The summed E-state index contributed by atoms with van der Waals surface area (Å²) in [7, 11) is 0. The van der Waals surface area contributed by atoms with E-state index in [9.17, 15) is 0 Å². The molecular formula is C10H13ClN4. The highest BCUT2D eigenvalue weighted by atomic mass is 35.5. The fourth-order valence-electron chi connectivity index (χ4n) is 1.61. The van der Waals surface area contributed by atoms with Gasteiger partial charge in [-0.1, -0.05) is 11.6 Å². The number of nitrogens with zero attached hydrogens (tertiary/aromatic N) is 2. The van der Waals surface area contributed by atoms with E-state index in [-0.39, 0.29) is 6.04 Å². The minimum atomic E-state index is 0.0492. The zero-order chi connectivity index (χ0) is 11.0. The average molecular weight is 225 g/mol. The highest BCUT2D eigenvalue weighted by Gasteiger charge is 2.12. The molecule has 0 saturated heterocycles. The third-order valence-electron chi connectivity index (χ3n) is 2.23. The molecule has 0 aliphatic rings. The van der Waals surface area contributed by atoms with E-state index in [1.165, 1.54) is 0 Å². The van der Waals surface area contributed by atoms with Crippen molar-refractivity contribution >= 4 is 22.8 Å². The van der Waals surface area contributed by atoms with Gasteiger partial charge in [-0.25, -0.2) is 4.98 Å². The number of halogens is 1. The van der Waals surface area contributed by atoms with E-state index < -0.39 is 0 Å². The van der Waals surface area contributed by atoms with Crippen molar-refractivity contribution in [2.75, 3.05) is 5.73 Å². The number of nitrogen functional groups attached to an aromatic ring is 1. The topological polar surface area (TPSA) is 69.3 Å². The summed E-state index contributed by atoms with van der Waals surface area (Å²) in [5, 5.41) is 0.434. The Labute approximate surface area is 92.8 Å². The average Bonchev–Trinajstić information content (AvgIpc) is 2.44. The zero-order valence-electron chi connectivity index (χ0n) is 8.44. The van der Waals surface area contributed by atoms with E-state index in [1.54, 1.807) is 6.07 Å². The molecule has 4 N–H and O–H groups in total. The number of hydrogen-bond acceptors (Lipinski definition) is 3. The standard InChI is InChI=1S/C10H13ClN4/c1-6(12)5-8-14-10(11)9-7(13)3-2-4-15(8)9/h2-4,6H,5,12-13H2,1H3. The molecule has 0 saturated carbocycles. The molecule has 0 bridgehead atoms. The van der Waals surface area contributed by atoms with Crippen LogP contribution in [0.25, 0.3) is 5.52 Å². The summed E-state index contributed by atoms with van der Waals surface area (Å²) in [6.07, 6.45) is 2.57. The molecule has 15 heavy (non-hydrogen) atoms. The lowest BCUT2D eigenvalue weighted by atomic mass is 10.2. The third-order valence-corrected chi connectivity index (χ3v) is 2.49. The second-order valence-corrected chi connectivity index (χ2v) is 4.04. The van der Waals surface area contributed by atoms with Gasteiger partial charge in [0.2, 0.25) is 0 Å². The zero-order valence-corrected chi connectivity index (χ0v) is 9.20. The SMILES string of the molecule is CC(N)Cc1nc(Cl)c2c(N)cccn12. The van der Waals surface area contributed by atoms with Crippen LogP contribution in [0.2, 0.25) is 5.15 Å². The summed E-state index contributed by atoms with van der Waals surface area (Å²) in [5.74, 6) is 0.845. The first-order chi connectivity index (χ1) is 7.09. The minimum Gasteiger partial charge on any atom is -0.397 e. The lowest BCUT2D eigenvalue weighted by Crippen LogP contribution is -2.19. The fourth-order valence-corrected chi connectivity index (χ4v) is 1.91. The smallest absolute Gasteiger partial charge is 0.157 e. The maximum atomic E-state index is 6.01. The molecule has 0 spiro atoms. The Morgan fingerprint density at radius 2 is 2.33 bits per heavy atom. The number of hydrogen-bond donors (Lipinski definition) is 2. The van der Waals surface area contributed by atoms with Crippen LogP contribution in [0.1, 0.15) is 12.7 Å². The van der Waals surface area contributed by atoms with Crippen molar-refractivity contribution in [1.29, 1.82) is 0 Å². The van der Waals surface area contributed by atoms with Gasteiger partial charge in [0.1, 0.15) is 11.3 Å². The molecule has 0 radical (unpaired) electrons. The van der Waals surface area contributed by atoms with Gasteiger partial charge in [-0.2, -0.15) is 0 Å². The quantitative estimate of drug-likeness (QED) is 0.812. The van der Waals surface area contributed by atoms with E-state index >= 15 is 0 Å². The highest BCUT2D eigenvalue weighted by Crippen LogP contribution is 2.24. The maximum Gasteiger partial charge on any atom is 0.157 e. The van der Waals surface area contributed by atoms with Crippen LogP contribution in [-0.2, 0) is 6.42 Å². The summed E-state index contributed by atoms with van der Waals surface area (Å²) in [4.78, 5) is 4.26. The van der Waals surface area contributed by atoms with Gasteiger partial charge in [0.05, 0.1) is 5.69 Å². The van der Waals surface area contributed by atoms with Gasteiger partial charge in [-0.05, 0) is 19.1 Å². The third kappa shape index (κ3) is 1.78. The van der Waals surface area contributed by atoms with Crippen LogP contribution in [0, 0.1) is 0 Å². The van der Waals surface area contributed by atoms with Crippen LogP contribution < -0.4 is 11.5 Å². The Morgan fingerprint density at radius 3 is 3.00 bits per heavy atom. The van der Waals surface area contributed by atoms with Crippen LogP contribution in [0.3, 0.4) is 0 Å². The second-order valence-electron chi connectivity index (χ2n) is 3.68. The number of nitrogens with two attached hydrogens (primary N) is 2. The second kappa shape index (κ2) is 3.72. The summed E-state index contributed by atoms with van der Waals surface area (Å²) in [5.41, 5.74) is 12.9. The molecule has 80 valence electrons. The van der Waals surface area contributed by atoms with E-state index in [2.05, 4.69) is 4.98 Å². The Hall–Kier alpha value is -1.26. The Bertz CT molecular complexity index is 489. The van der Waals surface area contributed by atoms with Gasteiger partial charge < -0.3 is 15.9 Å². The molecule has 0 fully saturated rings. The molecule has 2 aromatic rings. The molecule has 2 heterocycles. The van der Waals surface area contributed by atoms with E-state index in [0.717, 1.165) is 11.3 Å². The molecule has 0 aliphatic heterocycles. The Kier molecular flexibility index (Phi) is 2.54. The van der Waals surface area contributed by atoms with Crippen LogP contribution in [0.5, 0.6) is 0 Å². The fraction of sp³-hybridized carbons (Fsp3) is 0.300. The first-order valence-electron chi connectivity index (χ1n) is 4.76. The van der Waals surface area contributed by atoms with Crippen LogP contribution in [0.15, 0.2) is 18.3 Å². The largest absolute Gasteiger partial charge is 0.397 e. The van der Waals surface area contributed by atoms with Crippen molar-refractivity contribution in [3.05, 3.63) is 29.3 Å². The summed E-state index contributed by atoms with van der Waals surface area (Å²) >= 11 is 6.01. The summed E-state index contributed by atoms with van der Waals surface area (Å²) < 4.78 is 1.89. The Morgan fingerprint density at radius 1 is 1.60 bits per heavy atom. The first kappa shape index (κ1) is 10.3. The molecule has 0 amide bonds. The number of pyridine rings is 1. The van der Waals surface area contributed by atoms with Crippen LogP contribution in [0.4, 0.5) is 5.69 Å². The number of anilines is 1. The maximum absolute atomic E-state index is 6.01. The van der Waals surface area contributed by atoms with Crippen molar-refractivity contribution < 1.29 is 0 Å².